The molecule has 17 heavy (non-hydrogen) atoms. The molecule has 0 radical (unpaired) electrons. The highest BCUT2D eigenvalue weighted by Crippen LogP contribution is 2.20. The molecule has 1 aromatic rings. The van der Waals surface area contributed by atoms with E-state index in [0.29, 0.717) is 16.7 Å². The molecule has 1 aliphatic heterocycles. The molecule has 1 amide bonds. The maximum Gasteiger partial charge on any atom is 0.234 e. The van der Waals surface area contributed by atoms with Gasteiger partial charge in [-0.3, -0.25) is 4.79 Å². The Kier molecular flexibility index (Phi) is 3.91. The zero-order chi connectivity index (χ0) is 12.3. The van der Waals surface area contributed by atoms with Gasteiger partial charge in [-0.1, -0.05) is 6.07 Å². The predicted octanol–water partition coefficient (Wildman–Crippen LogP) is 1.65. The second kappa shape index (κ2) is 5.42. The number of hydrogen-bond acceptors (Lipinski definition) is 4. The van der Waals surface area contributed by atoms with E-state index in [4.69, 9.17) is 10.5 Å². The molecule has 0 unspecified atom stereocenters. The highest BCUT2D eigenvalue weighted by atomic mass is 32.2. The number of rotatable bonds is 4. The molecule has 0 aromatic heterocycles. The second-order valence-electron chi connectivity index (χ2n) is 4.09. The number of carbonyl (C=O) groups excluding carboxylic acids is 1. The Balaban J connectivity index is 1.82. The fraction of sp³-hybridized carbons (Fsp3) is 0.417. The molecule has 5 heteroatoms. The fourth-order valence-electron chi connectivity index (χ4n) is 1.42. The van der Waals surface area contributed by atoms with Crippen LogP contribution >= 0.6 is 11.8 Å². The van der Waals surface area contributed by atoms with E-state index in [9.17, 15) is 4.79 Å². The van der Waals surface area contributed by atoms with E-state index in [-0.39, 0.29) is 5.91 Å². The van der Waals surface area contributed by atoms with Crippen LogP contribution in [0.2, 0.25) is 0 Å². The van der Waals surface area contributed by atoms with Crippen molar-refractivity contribution in [2.24, 2.45) is 0 Å². The largest absolute Gasteiger partial charge is 0.398 e. The third kappa shape index (κ3) is 3.38. The molecule has 0 bridgehead atoms. The van der Waals surface area contributed by atoms with Crippen molar-refractivity contribution < 1.29 is 9.53 Å². The number of carbonyl (C=O) groups is 1. The number of ether oxygens (including phenoxy) is 1. The van der Waals surface area contributed by atoms with Gasteiger partial charge in [-0.2, -0.15) is 0 Å². The second-order valence-corrected chi connectivity index (χ2v) is 5.38. The molecule has 1 aromatic carbocycles. The molecule has 0 aliphatic carbocycles. The van der Waals surface area contributed by atoms with Crippen LogP contribution in [0.5, 0.6) is 0 Å². The Morgan fingerprint density at radius 2 is 2.35 bits per heavy atom. The zero-order valence-electron chi connectivity index (χ0n) is 9.73. The SMILES string of the molecule is Cc1ccc(NC(=O)CSC2COC2)cc1N. The summed E-state index contributed by atoms with van der Waals surface area (Å²) >= 11 is 1.63. The summed E-state index contributed by atoms with van der Waals surface area (Å²) in [6.45, 7) is 3.46. The number of aryl methyl sites for hydroxylation is 1. The summed E-state index contributed by atoms with van der Waals surface area (Å²) in [4.78, 5) is 11.6. The first-order valence-corrected chi connectivity index (χ1v) is 6.55. The Morgan fingerprint density at radius 1 is 1.59 bits per heavy atom. The van der Waals surface area contributed by atoms with Crippen molar-refractivity contribution in [2.45, 2.75) is 12.2 Å². The lowest BCUT2D eigenvalue weighted by Gasteiger charge is -2.24. The van der Waals surface area contributed by atoms with Crippen molar-refractivity contribution in [2.75, 3.05) is 30.0 Å². The van der Waals surface area contributed by atoms with Crippen LogP contribution in [0.25, 0.3) is 0 Å². The number of anilines is 2. The van der Waals surface area contributed by atoms with Crippen molar-refractivity contribution >= 4 is 29.0 Å². The van der Waals surface area contributed by atoms with Crippen LogP contribution in [0.4, 0.5) is 11.4 Å². The molecular weight excluding hydrogens is 236 g/mol. The average molecular weight is 252 g/mol. The van der Waals surface area contributed by atoms with Gasteiger partial charge in [0.25, 0.3) is 0 Å². The first-order valence-electron chi connectivity index (χ1n) is 5.50. The maximum absolute atomic E-state index is 11.6. The maximum atomic E-state index is 11.6. The van der Waals surface area contributed by atoms with Crippen molar-refractivity contribution in [3.05, 3.63) is 23.8 Å². The summed E-state index contributed by atoms with van der Waals surface area (Å²) in [7, 11) is 0. The monoisotopic (exact) mass is 252 g/mol. The Labute approximate surface area is 105 Å². The molecule has 2 rings (SSSR count). The number of nitrogens with two attached hydrogens (primary N) is 1. The fourth-order valence-corrected chi connectivity index (χ4v) is 2.26. The number of amides is 1. The lowest BCUT2D eigenvalue weighted by molar-refractivity contribution is -0.113. The van der Waals surface area contributed by atoms with Crippen molar-refractivity contribution in [3.63, 3.8) is 0 Å². The standard InChI is InChI=1S/C12H16N2O2S/c1-8-2-3-9(4-11(8)13)14-12(15)7-17-10-5-16-6-10/h2-4,10H,5-7,13H2,1H3,(H,14,15). The summed E-state index contributed by atoms with van der Waals surface area (Å²) in [6, 6.07) is 5.54. The summed E-state index contributed by atoms with van der Waals surface area (Å²) in [5, 5.41) is 3.31. The Morgan fingerprint density at radius 3 is 2.94 bits per heavy atom. The average Bonchev–Trinajstić information content (AvgIpc) is 2.21. The van der Waals surface area contributed by atoms with Crippen LogP contribution in [-0.4, -0.2) is 30.1 Å². The molecule has 1 aliphatic rings. The van der Waals surface area contributed by atoms with Crippen molar-refractivity contribution in [1.82, 2.24) is 0 Å². The smallest absolute Gasteiger partial charge is 0.234 e. The van der Waals surface area contributed by atoms with Gasteiger partial charge in [0.05, 0.1) is 24.2 Å². The van der Waals surface area contributed by atoms with Gasteiger partial charge in [0.15, 0.2) is 0 Å². The van der Waals surface area contributed by atoms with Gasteiger partial charge in [-0.05, 0) is 24.6 Å². The quantitative estimate of drug-likeness (QED) is 0.800. The molecule has 1 saturated heterocycles. The molecule has 1 heterocycles. The van der Waals surface area contributed by atoms with Crippen LogP contribution < -0.4 is 11.1 Å². The van der Waals surface area contributed by atoms with E-state index in [2.05, 4.69) is 5.32 Å². The predicted molar refractivity (Wildman–Crippen MR) is 71.3 cm³/mol. The van der Waals surface area contributed by atoms with Gasteiger partial charge in [0.2, 0.25) is 5.91 Å². The van der Waals surface area contributed by atoms with Crippen LogP contribution in [0.15, 0.2) is 18.2 Å². The summed E-state index contributed by atoms with van der Waals surface area (Å²) < 4.78 is 5.05. The molecule has 4 nitrogen and oxygen atoms in total. The van der Waals surface area contributed by atoms with E-state index in [1.807, 2.05) is 19.1 Å². The van der Waals surface area contributed by atoms with Gasteiger partial charge >= 0.3 is 0 Å². The van der Waals surface area contributed by atoms with Gasteiger partial charge in [0.1, 0.15) is 0 Å². The van der Waals surface area contributed by atoms with Crippen LogP contribution in [0, 0.1) is 6.92 Å². The normalized spacial score (nSPS) is 15.4. The zero-order valence-corrected chi connectivity index (χ0v) is 10.5. The minimum absolute atomic E-state index is 0.00477. The topological polar surface area (TPSA) is 64.3 Å². The summed E-state index contributed by atoms with van der Waals surface area (Å²) in [5.74, 6) is 0.465. The first-order chi connectivity index (χ1) is 8.15. The summed E-state index contributed by atoms with van der Waals surface area (Å²) in [5.41, 5.74) is 8.24. The number of thioether (sulfide) groups is 1. The molecule has 0 atom stereocenters. The minimum Gasteiger partial charge on any atom is -0.398 e. The van der Waals surface area contributed by atoms with Crippen LogP contribution in [0.1, 0.15) is 5.56 Å². The first kappa shape index (κ1) is 12.3. The molecule has 0 saturated carbocycles. The van der Waals surface area contributed by atoms with Gasteiger partial charge < -0.3 is 15.8 Å². The van der Waals surface area contributed by atoms with E-state index >= 15 is 0 Å². The molecular formula is C12H16N2O2S. The molecule has 1 fully saturated rings. The lowest BCUT2D eigenvalue weighted by Crippen LogP contribution is -2.31. The number of hydrogen-bond donors (Lipinski definition) is 2. The van der Waals surface area contributed by atoms with Gasteiger partial charge in [0, 0.05) is 11.4 Å². The molecule has 3 N–H and O–H groups in total. The minimum atomic E-state index is 0.00477. The highest BCUT2D eigenvalue weighted by Gasteiger charge is 2.19. The Hall–Kier alpha value is -1.20. The van der Waals surface area contributed by atoms with Gasteiger partial charge in [-0.25, -0.2) is 0 Å². The van der Waals surface area contributed by atoms with E-state index in [1.165, 1.54) is 0 Å². The summed E-state index contributed by atoms with van der Waals surface area (Å²) in [6.07, 6.45) is 0. The third-order valence-corrected chi connectivity index (χ3v) is 3.79. The Bertz CT molecular complexity index is 419. The number of benzene rings is 1. The molecule has 92 valence electrons. The van der Waals surface area contributed by atoms with Crippen molar-refractivity contribution in [3.8, 4) is 0 Å². The van der Waals surface area contributed by atoms with E-state index < -0.39 is 0 Å². The van der Waals surface area contributed by atoms with Crippen molar-refractivity contribution in [1.29, 1.82) is 0 Å². The highest BCUT2D eigenvalue weighted by molar-refractivity contribution is 8.00. The number of nitrogen functional groups attached to an aromatic ring is 1. The third-order valence-electron chi connectivity index (χ3n) is 2.62. The van der Waals surface area contributed by atoms with Crippen LogP contribution in [-0.2, 0) is 9.53 Å². The lowest BCUT2D eigenvalue weighted by atomic mass is 10.2. The van der Waals surface area contributed by atoms with Crippen LogP contribution in [0.3, 0.4) is 0 Å². The number of nitrogens with one attached hydrogen (secondary N) is 1. The van der Waals surface area contributed by atoms with E-state index in [0.717, 1.165) is 24.5 Å². The molecule has 0 spiro atoms. The van der Waals surface area contributed by atoms with E-state index in [1.54, 1.807) is 17.8 Å². The van der Waals surface area contributed by atoms with Gasteiger partial charge in [-0.15, -0.1) is 11.8 Å².